The molecule has 0 aliphatic rings. The van der Waals surface area contributed by atoms with Crippen LogP contribution in [0.25, 0.3) is 0 Å². The van der Waals surface area contributed by atoms with Crippen molar-refractivity contribution < 1.29 is 5.48 Å². The smallest absolute Gasteiger partial charge is 0.147 e. The standard InChI is InChI=1S/C5H3Cl2N.H2O/c6-4-2-1-3-8-5(4)7;/h1-3H;1H2. The maximum atomic E-state index is 5.51. The third kappa shape index (κ3) is 2.18. The van der Waals surface area contributed by atoms with Gasteiger partial charge in [0.15, 0.2) is 0 Å². The van der Waals surface area contributed by atoms with Crippen LogP contribution in [0.5, 0.6) is 0 Å². The molecule has 2 N–H and O–H groups in total. The highest BCUT2D eigenvalue weighted by Gasteiger charge is 1.91. The van der Waals surface area contributed by atoms with E-state index < -0.39 is 0 Å². The Hall–Kier alpha value is -0.310. The van der Waals surface area contributed by atoms with Crippen LogP contribution in [-0.2, 0) is 0 Å². The molecule has 0 aliphatic heterocycles. The topological polar surface area (TPSA) is 44.4 Å². The van der Waals surface area contributed by atoms with Crippen LogP contribution in [0.1, 0.15) is 0 Å². The van der Waals surface area contributed by atoms with Gasteiger partial charge in [0.05, 0.1) is 5.02 Å². The number of nitrogens with zero attached hydrogens (tertiary/aromatic N) is 1. The second kappa shape index (κ2) is 3.67. The maximum Gasteiger partial charge on any atom is 0.147 e. The van der Waals surface area contributed by atoms with Crippen LogP contribution in [0.4, 0.5) is 0 Å². The van der Waals surface area contributed by atoms with Crippen LogP contribution in [0.15, 0.2) is 18.3 Å². The molecule has 0 bridgehead atoms. The van der Waals surface area contributed by atoms with E-state index in [4.69, 9.17) is 23.2 Å². The van der Waals surface area contributed by atoms with Gasteiger partial charge in [0.25, 0.3) is 0 Å². The number of hydrogen-bond donors (Lipinski definition) is 0. The van der Waals surface area contributed by atoms with Gasteiger partial charge in [0, 0.05) is 6.20 Å². The predicted molar refractivity (Wildman–Crippen MR) is 37.9 cm³/mol. The fourth-order valence-corrected chi connectivity index (χ4v) is 0.607. The lowest BCUT2D eigenvalue weighted by molar-refractivity contribution is 0.824. The van der Waals surface area contributed by atoms with Gasteiger partial charge < -0.3 is 5.48 Å². The van der Waals surface area contributed by atoms with Crippen molar-refractivity contribution in [3.8, 4) is 0 Å². The van der Waals surface area contributed by atoms with Crippen molar-refractivity contribution in [1.82, 2.24) is 4.98 Å². The van der Waals surface area contributed by atoms with Crippen LogP contribution < -0.4 is 0 Å². The molecule has 0 radical (unpaired) electrons. The summed E-state index contributed by atoms with van der Waals surface area (Å²) in [6, 6.07) is 3.42. The third-order valence-corrected chi connectivity index (χ3v) is 1.42. The first-order valence-electron chi connectivity index (χ1n) is 2.07. The van der Waals surface area contributed by atoms with E-state index in [0.29, 0.717) is 10.2 Å². The summed E-state index contributed by atoms with van der Waals surface area (Å²) in [6.07, 6.45) is 1.59. The van der Waals surface area contributed by atoms with Crippen molar-refractivity contribution >= 4 is 23.2 Å². The van der Waals surface area contributed by atoms with E-state index >= 15 is 0 Å². The second-order valence-electron chi connectivity index (χ2n) is 1.28. The Morgan fingerprint density at radius 3 is 2.33 bits per heavy atom. The Bertz CT molecular complexity index is 171. The molecule has 0 spiro atoms. The highest BCUT2D eigenvalue weighted by atomic mass is 35.5. The predicted octanol–water partition coefficient (Wildman–Crippen LogP) is 1.56. The SMILES string of the molecule is Clc1cccnc1Cl.O. The number of halogens is 2. The Labute approximate surface area is 62.7 Å². The highest BCUT2D eigenvalue weighted by molar-refractivity contribution is 6.41. The molecule has 1 rings (SSSR count). The van der Waals surface area contributed by atoms with Gasteiger partial charge in [0.2, 0.25) is 0 Å². The molecule has 4 heteroatoms. The molecule has 2 nitrogen and oxygen atoms in total. The Kier molecular flexibility index (Phi) is 3.54. The fourth-order valence-electron chi connectivity index (χ4n) is 0.366. The van der Waals surface area contributed by atoms with Gasteiger partial charge in [-0.15, -0.1) is 0 Å². The zero-order chi connectivity index (χ0) is 5.98. The first kappa shape index (κ1) is 8.69. The van der Waals surface area contributed by atoms with Crippen molar-refractivity contribution in [1.29, 1.82) is 0 Å². The van der Waals surface area contributed by atoms with E-state index in [1.165, 1.54) is 0 Å². The summed E-state index contributed by atoms with van der Waals surface area (Å²) in [5.41, 5.74) is 0. The van der Waals surface area contributed by atoms with Crippen LogP contribution >= 0.6 is 23.2 Å². The maximum absolute atomic E-state index is 5.51. The van der Waals surface area contributed by atoms with E-state index in [9.17, 15) is 0 Å². The Balaban J connectivity index is 0.000000640. The van der Waals surface area contributed by atoms with Crippen LogP contribution in [0.3, 0.4) is 0 Å². The minimum Gasteiger partial charge on any atom is -0.412 e. The van der Waals surface area contributed by atoms with E-state index in [1.807, 2.05) is 0 Å². The van der Waals surface area contributed by atoms with Crippen molar-refractivity contribution in [2.75, 3.05) is 0 Å². The summed E-state index contributed by atoms with van der Waals surface area (Å²) in [4.78, 5) is 3.71. The Morgan fingerprint density at radius 1 is 1.33 bits per heavy atom. The van der Waals surface area contributed by atoms with Gasteiger partial charge in [-0.05, 0) is 12.1 Å². The van der Waals surface area contributed by atoms with Gasteiger partial charge in [0.1, 0.15) is 5.15 Å². The molecule has 0 fully saturated rings. The summed E-state index contributed by atoms with van der Waals surface area (Å²) in [5, 5.41) is 0.850. The number of aromatic nitrogens is 1. The molecule has 0 unspecified atom stereocenters. The molecular formula is C5H5Cl2NO. The lowest BCUT2D eigenvalue weighted by atomic mass is 10.5. The summed E-state index contributed by atoms with van der Waals surface area (Å²) in [6.45, 7) is 0. The number of hydrogen-bond acceptors (Lipinski definition) is 1. The van der Waals surface area contributed by atoms with Crippen molar-refractivity contribution in [3.63, 3.8) is 0 Å². The minimum atomic E-state index is 0. The van der Waals surface area contributed by atoms with Crippen molar-refractivity contribution in [2.45, 2.75) is 0 Å². The Morgan fingerprint density at radius 2 is 2.00 bits per heavy atom. The van der Waals surface area contributed by atoms with E-state index in [1.54, 1.807) is 18.3 Å². The quantitative estimate of drug-likeness (QED) is 0.539. The first-order valence-corrected chi connectivity index (χ1v) is 2.82. The van der Waals surface area contributed by atoms with E-state index in [0.717, 1.165) is 0 Å². The molecule has 0 saturated carbocycles. The van der Waals surface area contributed by atoms with Gasteiger partial charge in [-0.25, -0.2) is 4.98 Å². The summed E-state index contributed by atoms with van der Waals surface area (Å²) in [7, 11) is 0. The van der Waals surface area contributed by atoms with Gasteiger partial charge in [-0.1, -0.05) is 23.2 Å². The molecule has 0 amide bonds. The molecule has 0 aliphatic carbocycles. The lowest BCUT2D eigenvalue weighted by Gasteiger charge is -1.87. The molecule has 0 saturated heterocycles. The molecule has 9 heavy (non-hydrogen) atoms. The summed E-state index contributed by atoms with van der Waals surface area (Å²) < 4.78 is 0. The van der Waals surface area contributed by atoms with E-state index in [2.05, 4.69) is 4.98 Å². The molecule has 0 aromatic carbocycles. The van der Waals surface area contributed by atoms with Crippen molar-refractivity contribution in [3.05, 3.63) is 28.5 Å². The monoisotopic (exact) mass is 165 g/mol. The van der Waals surface area contributed by atoms with Gasteiger partial charge in [-0.2, -0.15) is 0 Å². The average Bonchev–Trinajstić information content (AvgIpc) is 1.77. The zero-order valence-corrected chi connectivity index (χ0v) is 5.95. The highest BCUT2D eigenvalue weighted by Crippen LogP contribution is 2.16. The summed E-state index contributed by atoms with van der Waals surface area (Å²) >= 11 is 11.0. The van der Waals surface area contributed by atoms with Crippen molar-refractivity contribution in [2.24, 2.45) is 0 Å². The summed E-state index contributed by atoms with van der Waals surface area (Å²) in [5.74, 6) is 0. The molecule has 1 aromatic rings. The zero-order valence-electron chi connectivity index (χ0n) is 4.44. The van der Waals surface area contributed by atoms with Crippen LogP contribution in [0.2, 0.25) is 10.2 Å². The fraction of sp³-hybridized carbons (Fsp3) is 0. The molecular weight excluding hydrogens is 161 g/mol. The van der Waals surface area contributed by atoms with Gasteiger partial charge >= 0.3 is 0 Å². The average molecular weight is 166 g/mol. The van der Waals surface area contributed by atoms with E-state index in [-0.39, 0.29) is 5.48 Å². The third-order valence-electron chi connectivity index (χ3n) is 0.714. The molecule has 0 atom stereocenters. The van der Waals surface area contributed by atoms with Crippen LogP contribution in [0, 0.1) is 0 Å². The van der Waals surface area contributed by atoms with Crippen LogP contribution in [-0.4, -0.2) is 10.5 Å². The minimum absolute atomic E-state index is 0. The molecule has 1 heterocycles. The second-order valence-corrected chi connectivity index (χ2v) is 2.04. The number of rotatable bonds is 0. The molecule has 1 aromatic heterocycles. The molecule has 50 valence electrons. The number of pyridine rings is 1. The first-order chi connectivity index (χ1) is 3.80. The van der Waals surface area contributed by atoms with Gasteiger partial charge in [-0.3, -0.25) is 0 Å². The lowest BCUT2D eigenvalue weighted by Crippen LogP contribution is -1.70. The largest absolute Gasteiger partial charge is 0.412 e. The normalized spacial score (nSPS) is 8.22.